The van der Waals surface area contributed by atoms with E-state index in [1.54, 1.807) is 0 Å². The average molecular weight is 296 g/mol. The predicted octanol–water partition coefficient (Wildman–Crippen LogP) is -1.67. The highest BCUT2D eigenvalue weighted by Crippen LogP contribution is 2.44. The fourth-order valence-corrected chi connectivity index (χ4v) is 2.12. The Kier molecular flexibility index (Phi) is 4.58. The van der Waals surface area contributed by atoms with E-state index in [1.165, 1.54) is 0 Å². The topological polar surface area (TPSA) is 119 Å². The van der Waals surface area contributed by atoms with Crippen molar-refractivity contribution in [2.45, 2.75) is 12.6 Å². The van der Waals surface area contributed by atoms with Crippen LogP contribution in [0.1, 0.15) is 6.42 Å². The molecule has 5 N–H and O–H groups in total. The van der Waals surface area contributed by atoms with Crippen LogP contribution in [-0.4, -0.2) is 55.0 Å². The zero-order valence-electron chi connectivity index (χ0n) is 10.5. The maximum atomic E-state index is 13.2. The van der Waals surface area contributed by atoms with E-state index in [4.69, 9.17) is 11.5 Å². The van der Waals surface area contributed by atoms with Gasteiger partial charge in [-0.05, 0) is 13.0 Å². The van der Waals surface area contributed by atoms with Crippen molar-refractivity contribution in [1.82, 2.24) is 10.2 Å². The van der Waals surface area contributed by atoms with Crippen molar-refractivity contribution in [3.63, 3.8) is 0 Å². The van der Waals surface area contributed by atoms with Gasteiger partial charge in [0.2, 0.25) is 17.7 Å². The van der Waals surface area contributed by atoms with Crippen LogP contribution in [0.3, 0.4) is 0 Å². The van der Waals surface area contributed by atoms with E-state index < -0.39 is 55.4 Å². The van der Waals surface area contributed by atoms with Crippen molar-refractivity contribution in [2.24, 2.45) is 16.9 Å². The van der Waals surface area contributed by atoms with Crippen LogP contribution in [0.25, 0.3) is 0 Å². The number of nitrogens with two attached hydrogens (primary N) is 2. The maximum Gasteiger partial charge on any atom is 0.404 e. The molecule has 0 radical (unpaired) electrons. The SMILES string of the molecule is NC(=O)CN(CC(N)=O)C(=O)C1(C(F)(F)F)CCNC1. The van der Waals surface area contributed by atoms with Crippen LogP contribution in [0.5, 0.6) is 0 Å². The van der Waals surface area contributed by atoms with E-state index in [-0.39, 0.29) is 6.54 Å². The molecule has 3 amide bonds. The highest BCUT2D eigenvalue weighted by molar-refractivity contribution is 5.91. The molecule has 1 aliphatic rings. The molecule has 20 heavy (non-hydrogen) atoms. The molecule has 0 aromatic carbocycles. The summed E-state index contributed by atoms with van der Waals surface area (Å²) in [5, 5.41) is 2.46. The van der Waals surface area contributed by atoms with Crippen molar-refractivity contribution in [3.05, 3.63) is 0 Å². The Hall–Kier alpha value is -1.84. The number of rotatable bonds is 5. The highest BCUT2D eigenvalue weighted by Gasteiger charge is 2.62. The predicted molar refractivity (Wildman–Crippen MR) is 60.9 cm³/mol. The van der Waals surface area contributed by atoms with Crippen LogP contribution in [0.15, 0.2) is 0 Å². The van der Waals surface area contributed by atoms with Crippen molar-refractivity contribution in [1.29, 1.82) is 0 Å². The monoisotopic (exact) mass is 296 g/mol. The van der Waals surface area contributed by atoms with Gasteiger partial charge in [0.25, 0.3) is 0 Å². The molecule has 114 valence electrons. The van der Waals surface area contributed by atoms with Gasteiger partial charge in [0.1, 0.15) is 0 Å². The first-order valence-electron chi connectivity index (χ1n) is 5.73. The molecule has 1 saturated heterocycles. The summed E-state index contributed by atoms with van der Waals surface area (Å²) in [5.74, 6) is -3.42. The molecule has 1 fully saturated rings. The van der Waals surface area contributed by atoms with Gasteiger partial charge in [-0.25, -0.2) is 0 Å². The summed E-state index contributed by atoms with van der Waals surface area (Å²) >= 11 is 0. The van der Waals surface area contributed by atoms with Crippen molar-refractivity contribution >= 4 is 17.7 Å². The third-order valence-electron chi connectivity index (χ3n) is 3.09. The summed E-state index contributed by atoms with van der Waals surface area (Å²) in [4.78, 5) is 34.3. The number of halogens is 3. The second-order valence-corrected chi connectivity index (χ2v) is 4.60. The van der Waals surface area contributed by atoms with Crippen LogP contribution in [0.2, 0.25) is 0 Å². The van der Waals surface area contributed by atoms with Gasteiger partial charge < -0.3 is 21.7 Å². The molecular weight excluding hydrogens is 281 g/mol. The zero-order valence-corrected chi connectivity index (χ0v) is 10.5. The van der Waals surface area contributed by atoms with Gasteiger partial charge in [-0.2, -0.15) is 13.2 Å². The first kappa shape index (κ1) is 16.2. The minimum absolute atomic E-state index is 0.00618. The summed E-state index contributed by atoms with van der Waals surface area (Å²) in [6, 6.07) is 0. The number of primary amides is 2. The van der Waals surface area contributed by atoms with Crippen molar-refractivity contribution in [3.8, 4) is 0 Å². The van der Waals surface area contributed by atoms with Gasteiger partial charge in [0.05, 0.1) is 13.1 Å². The molecule has 0 spiro atoms. The summed E-state index contributed by atoms with van der Waals surface area (Å²) in [7, 11) is 0. The quantitative estimate of drug-likeness (QED) is 0.562. The summed E-state index contributed by atoms with van der Waals surface area (Å²) < 4.78 is 39.5. The largest absolute Gasteiger partial charge is 0.404 e. The lowest BCUT2D eigenvalue weighted by atomic mass is 9.84. The third-order valence-corrected chi connectivity index (χ3v) is 3.09. The second kappa shape index (κ2) is 5.65. The maximum absolute atomic E-state index is 13.2. The number of hydrogen-bond acceptors (Lipinski definition) is 4. The van der Waals surface area contributed by atoms with Crippen LogP contribution in [-0.2, 0) is 14.4 Å². The minimum atomic E-state index is -4.80. The molecule has 0 aromatic rings. The molecular formula is C10H15F3N4O3. The summed E-state index contributed by atoms with van der Waals surface area (Å²) in [5.41, 5.74) is 7.10. The lowest BCUT2D eigenvalue weighted by Crippen LogP contribution is -2.56. The molecule has 10 heteroatoms. The molecule has 1 heterocycles. The number of nitrogens with one attached hydrogen (secondary N) is 1. The smallest absolute Gasteiger partial charge is 0.368 e. The summed E-state index contributed by atoms with van der Waals surface area (Å²) in [6.45, 7) is -2.19. The van der Waals surface area contributed by atoms with Crippen LogP contribution < -0.4 is 16.8 Å². The zero-order chi connectivity index (χ0) is 15.6. The normalized spacial score (nSPS) is 22.6. The number of amides is 3. The number of alkyl halides is 3. The van der Waals surface area contributed by atoms with E-state index >= 15 is 0 Å². The van der Waals surface area contributed by atoms with Gasteiger partial charge in [-0.1, -0.05) is 0 Å². The van der Waals surface area contributed by atoms with Crippen LogP contribution in [0.4, 0.5) is 13.2 Å². The summed E-state index contributed by atoms with van der Waals surface area (Å²) in [6.07, 6.45) is -5.27. The van der Waals surface area contributed by atoms with E-state index in [9.17, 15) is 27.6 Å². The van der Waals surface area contributed by atoms with Crippen LogP contribution in [0, 0.1) is 5.41 Å². The number of carbonyl (C=O) groups excluding carboxylic acids is 3. The van der Waals surface area contributed by atoms with Gasteiger partial charge in [0.15, 0.2) is 5.41 Å². The fourth-order valence-electron chi connectivity index (χ4n) is 2.12. The van der Waals surface area contributed by atoms with Crippen molar-refractivity contribution < 1.29 is 27.6 Å². The van der Waals surface area contributed by atoms with Gasteiger partial charge in [-0.15, -0.1) is 0 Å². The number of nitrogens with zero attached hydrogens (tertiary/aromatic N) is 1. The molecule has 1 unspecified atom stereocenters. The standard InChI is InChI=1S/C10H15F3N4O3/c11-10(12,13)9(1-2-16-5-9)8(20)17(3-6(14)18)4-7(15)19/h16H,1-5H2,(H2,14,18)(H2,15,19). The van der Waals surface area contributed by atoms with Gasteiger partial charge in [0, 0.05) is 6.54 Å². The Morgan fingerprint density at radius 1 is 1.15 bits per heavy atom. The van der Waals surface area contributed by atoms with Gasteiger partial charge in [-0.3, -0.25) is 14.4 Å². The first-order valence-corrected chi connectivity index (χ1v) is 5.73. The molecule has 1 rings (SSSR count). The lowest BCUT2D eigenvalue weighted by Gasteiger charge is -2.34. The number of carbonyl (C=O) groups is 3. The minimum Gasteiger partial charge on any atom is -0.368 e. The highest BCUT2D eigenvalue weighted by atomic mass is 19.4. The molecule has 7 nitrogen and oxygen atoms in total. The molecule has 1 atom stereocenters. The Bertz CT molecular complexity index is 402. The Balaban J connectivity index is 3.07. The molecule has 0 saturated carbocycles. The Labute approximate surface area is 112 Å². The molecule has 0 aromatic heterocycles. The van der Waals surface area contributed by atoms with Gasteiger partial charge >= 0.3 is 6.18 Å². The van der Waals surface area contributed by atoms with E-state index in [0.717, 1.165) is 0 Å². The fraction of sp³-hybridized carbons (Fsp3) is 0.700. The van der Waals surface area contributed by atoms with E-state index in [0.29, 0.717) is 4.90 Å². The second-order valence-electron chi connectivity index (χ2n) is 4.60. The first-order chi connectivity index (χ1) is 9.10. The van der Waals surface area contributed by atoms with Crippen LogP contribution >= 0.6 is 0 Å². The molecule has 0 aliphatic carbocycles. The van der Waals surface area contributed by atoms with E-state index in [2.05, 4.69) is 5.32 Å². The Morgan fingerprint density at radius 3 is 1.95 bits per heavy atom. The van der Waals surface area contributed by atoms with Crippen molar-refractivity contribution in [2.75, 3.05) is 26.2 Å². The molecule has 1 aliphatic heterocycles. The Morgan fingerprint density at radius 2 is 1.65 bits per heavy atom. The average Bonchev–Trinajstić information content (AvgIpc) is 2.75. The van der Waals surface area contributed by atoms with E-state index in [1.807, 2.05) is 0 Å². The third kappa shape index (κ3) is 3.18. The number of hydrogen-bond donors (Lipinski definition) is 3. The molecule has 0 bridgehead atoms. The lowest BCUT2D eigenvalue weighted by molar-refractivity contribution is -0.221.